The molecule has 0 unspecified atom stereocenters. The highest BCUT2D eigenvalue weighted by molar-refractivity contribution is 7.89. The van der Waals surface area contributed by atoms with Crippen LogP contribution in [-0.4, -0.2) is 33.5 Å². The first-order valence-electron chi connectivity index (χ1n) is 6.71. The molecule has 1 fully saturated rings. The van der Waals surface area contributed by atoms with Crippen LogP contribution < -0.4 is 4.72 Å². The third-order valence-corrected chi connectivity index (χ3v) is 4.83. The van der Waals surface area contributed by atoms with Crippen molar-refractivity contribution in [3.63, 3.8) is 0 Å². The predicted molar refractivity (Wildman–Crippen MR) is 75.2 cm³/mol. The zero-order valence-corrected chi connectivity index (χ0v) is 12.3. The SMILES string of the molecule is CC(=O)c1ccc(S(=O)(=O)NCC[C@@H]2CCCO2)cc1. The van der Waals surface area contributed by atoms with Crippen LogP contribution in [-0.2, 0) is 14.8 Å². The zero-order valence-electron chi connectivity index (χ0n) is 11.5. The molecule has 1 N–H and O–H groups in total. The minimum Gasteiger partial charge on any atom is -0.378 e. The summed E-state index contributed by atoms with van der Waals surface area (Å²) in [5, 5.41) is 0. The highest BCUT2D eigenvalue weighted by atomic mass is 32.2. The van der Waals surface area contributed by atoms with E-state index in [4.69, 9.17) is 4.74 Å². The molecule has 2 rings (SSSR count). The summed E-state index contributed by atoms with van der Waals surface area (Å²) in [5.41, 5.74) is 0.503. The van der Waals surface area contributed by atoms with Crippen LogP contribution in [0.3, 0.4) is 0 Å². The van der Waals surface area contributed by atoms with Gasteiger partial charge in [-0.2, -0.15) is 0 Å². The Hall–Kier alpha value is -1.24. The van der Waals surface area contributed by atoms with Crippen molar-refractivity contribution in [3.05, 3.63) is 29.8 Å². The van der Waals surface area contributed by atoms with E-state index in [0.29, 0.717) is 18.5 Å². The van der Waals surface area contributed by atoms with Crippen LogP contribution in [0.15, 0.2) is 29.2 Å². The Bertz CT molecular complexity index is 559. The van der Waals surface area contributed by atoms with Gasteiger partial charge in [-0.25, -0.2) is 13.1 Å². The van der Waals surface area contributed by atoms with Crippen molar-refractivity contribution < 1.29 is 17.9 Å². The van der Waals surface area contributed by atoms with E-state index in [9.17, 15) is 13.2 Å². The average Bonchev–Trinajstić information content (AvgIpc) is 2.92. The summed E-state index contributed by atoms with van der Waals surface area (Å²) in [6, 6.07) is 5.95. The number of hydrogen-bond acceptors (Lipinski definition) is 4. The van der Waals surface area contributed by atoms with Gasteiger partial charge in [0.15, 0.2) is 5.78 Å². The van der Waals surface area contributed by atoms with Crippen molar-refractivity contribution >= 4 is 15.8 Å². The molecule has 1 heterocycles. The molecule has 0 saturated carbocycles. The number of carbonyl (C=O) groups excluding carboxylic acids is 1. The molecule has 1 aromatic rings. The van der Waals surface area contributed by atoms with Crippen molar-refractivity contribution in [2.24, 2.45) is 0 Å². The second-order valence-electron chi connectivity index (χ2n) is 4.90. The highest BCUT2D eigenvalue weighted by Gasteiger charge is 2.18. The second kappa shape index (κ2) is 6.47. The zero-order chi connectivity index (χ0) is 14.6. The van der Waals surface area contributed by atoms with E-state index in [0.717, 1.165) is 19.4 Å². The topological polar surface area (TPSA) is 72.5 Å². The number of benzene rings is 1. The number of carbonyl (C=O) groups is 1. The van der Waals surface area contributed by atoms with Gasteiger partial charge in [0, 0.05) is 18.7 Å². The molecular formula is C14H19NO4S. The molecule has 6 heteroatoms. The molecule has 5 nitrogen and oxygen atoms in total. The van der Waals surface area contributed by atoms with Crippen LogP contribution in [0.2, 0.25) is 0 Å². The van der Waals surface area contributed by atoms with E-state index in [-0.39, 0.29) is 16.8 Å². The van der Waals surface area contributed by atoms with Gasteiger partial charge in [0.25, 0.3) is 0 Å². The molecule has 1 saturated heterocycles. The first-order chi connectivity index (χ1) is 9.49. The molecule has 0 radical (unpaired) electrons. The first-order valence-corrected chi connectivity index (χ1v) is 8.19. The lowest BCUT2D eigenvalue weighted by molar-refractivity contribution is 0.101. The Kier molecular flexibility index (Phi) is 4.91. The summed E-state index contributed by atoms with van der Waals surface area (Å²) in [7, 11) is -3.51. The lowest BCUT2D eigenvalue weighted by Crippen LogP contribution is -2.27. The van der Waals surface area contributed by atoms with Crippen molar-refractivity contribution in [2.75, 3.05) is 13.2 Å². The van der Waals surface area contributed by atoms with Gasteiger partial charge in [-0.1, -0.05) is 12.1 Å². The van der Waals surface area contributed by atoms with Crippen molar-refractivity contribution in [1.29, 1.82) is 0 Å². The minimum absolute atomic E-state index is 0.0831. The molecule has 0 spiro atoms. The Labute approximate surface area is 119 Å². The fraction of sp³-hybridized carbons (Fsp3) is 0.500. The summed E-state index contributed by atoms with van der Waals surface area (Å²) in [6.45, 7) is 2.58. The monoisotopic (exact) mass is 297 g/mol. The number of Topliss-reactive ketones (excluding diaryl/α,β-unsaturated/α-hetero) is 1. The van der Waals surface area contributed by atoms with Crippen molar-refractivity contribution in [1.82, 2.24) is 4.72 Å². The third-order valence-electron chi connectivity index (χ3n) is 3.35. The van der Waals surface area contributed by atoms with Crippen LogP contribution in [0, 0.1) is 0 Å². The number of rotatable bonds is 6. The van der Waals surface area contributed by atoms with E-state index in [2.05, 4.69) is 4.72 Å². The summed E-state index contributed by atoms with van der Waals surface area (Å²) < 4.78 is 32.1. The largest absolute Gasteiger partial charge is 0.378 e. The summed E-state index contributed by atoms with van der Waals surface area (Å²) in [4.78, 5) is 11.3. The van der Waals surface area contributed by atoms with Gasteiger partial charge < -0.3 is 4.74 Å². The molecule has 0 bridgehead atoms. The van der Waals surface area contributed by atoms with E-state index < -0.39 is 10.0 Å². The Morgan fingerprint density at radius 1 is 1.35 bits per heavy atom. The van der Waals surface area contributed by atoms with Gasteiger partial charge in [0.1, 0.15) is 0 Å². The average molecular weight is 297 g/mol. The molecule has 1 aliphatic heterocycles. The lowest BCUT2D eigenvalue weighted by atomic mass is 10.2. The van der Waals surface area contributed by atoms with Gasteiger partial charge in [-0.15, -0.1) is 0 Å². The maximum absolute atomic E-state index is 12.1. The Morgan fingerprint density at radius 2 is 2.05 bits per heavy atom. The van der Waals surface area contributed by atoms with E-state index >= 15 is 0 Å². The van der Waals surface area contributed by atoms with Crippen LogP contribution in [0.25, 0.3) is 0 Å². The number of nitrogens with one attached hydrogen (secondary N) is 1. The second-order valence-corrected chi connectivity index (χ2v) is 6.67. The van der Waals surface area contributed by atoms with Crippen LogP contribution in [0.4, 0.5) is 0 Å². The molecular weight excluding hydrogens is 278 g/mol. The number of sulfonamides is 1. The summed E-state index contributed by atoms with van der Waals surface area (Å²) in [6.07, 6.45) is 2.89. The maximum Gasteiger partial charge on any atom is 0.240 e. The van der Waals surface area contributed by atoms with E-state index in [1.165, 1.54) is 31.2 Å². The van der Waals surface area contributed by atoms with E-state index in [1.54, 1.807) is 0 Å². The third kappa shape index (κ3) is 3.88. The number of hydrogen-bond donors (Lipinski definition) is 1. The Balaban J connectivity index is 1.93. The maximum atomic E-state index is 12.1. The molecule has 0 amide bonds. The van der Waals surface area contributed by atoms with Crippen LogP contribution >= 0.6 is 0 Å². The molecule has 1 atom stereocenters. The normalized spacial score (nSPS) is 19.1. The van der Waals surface area contributed by atoms with Crippen LogP contribution in [0.1, 0.15) is 36.5 Å². The van der Waals surface area contributed by atoms with Crippen molar-refractivity contribution in [2.45, 2.75) is 37.2 Å². The highest BCUT2D eigenvalue weighted by Crippen LogP contribution is 2.15. The number of ether oxygens (including phenoxy) is 1. The lowest BCUT2D eigenvalue weighted by Gasteiger charge is -2.10. The van der Waals surface area contributed by atoms with Crippen LogP contribution in [0.5, 0.6) is 0 Å². The van der Waals surface area contributed by atoms with Gasteiger partial charge in [0.2, 0.25) is 10.0 Å². The van der Waals surface area contributed by atoms with E-state index in [1.807, 2.05) is 0 Å². The first kappa shape index (κ1) is 15.2. The molecule has 1 aliphatic rings. The van der Waals surface area contributed by atoms with Gasteiger partial charge in [-0.05, 0) is 38.3 Å². The smallest absolute Gasteiger partial charge is 0.240 e. The molecule has 110 valence electrons. The number of ketones is 1. The summed E-state index contributed by atoms with van der Waals surface area (Å²) >= 11 is 0. The van der Waals surface area contributed by atoms with Gasteiger partial charge >= 0.3 is 0 Å². The standard InChI is InChI=1S/C14H19NO4S/c1-11(16)12-4-6-14(7-5-12)20(17,18)15-9-8-13-3-2-10-19-13/h4-7,13,15H,2-3,8-10H2,1H3/t13-/m0/s1. The quantitative estimate of drug-likeness (QED) is 0.812. The molecule has 20 heavy (non-hydrogen) atoms. The minimum atomic E-state index is -3.51. The Morgan fingerprint density at radius 3 is 2.60 bits per heavy atom. The fourth-order valence-electron chi connectivity index (χ4n) is 2.18. The molecule has 0 aliphatic carbocycles. The van der Waals surface area contributed by atoms with Gasteiger partial charge in [0.05, 0.1) is 11.0 Å². The summed E-state index contributed by atoms with van der Waals surface area (Å²) in [5.74, 6) is -0.0831. The molecule has 1 aromatic carbocycles. The fourth-order valence-corrected chi connectivity index (χ4v) is 3.23. The predicted octanol–water partition coefficient (Wildman–Crippen LogP) is 1.74. The molecule has 0 aromatic heterocycles. The van der Waals surface area contributed by atoms with Gasteiger partial charge in [-0.3, -0.25) is 4.79 Å². The van der Waals surface area contributed by atoms with Crippen molar-refractivity contribution in [3.8, 4) is 0 Å².